The number of aliphatic hydroxyl groups is 1. The summed E-state index contributed by atoms with van der Waals surface area (Å²) in [6, 6.07) is 18.5. The maximum atomic E-state index is 13.6. The summed E-state index contributed by atoms with van der Waals surface area (Å²) in [6.07, 6.45) is 0. The summed E-state index contributed by atoms with van der Waals surface area (Å²) in [4.78, 5) is 27.5. The highest BCUT2D eigenvalue weighted by atomic mass is 19.1. The van der Waals surface area contributed by atoms with Crippen molar-refractivity contribution in [2.75, 3.05) is 12.0 Å². The van der Waals surface area contributed by atoms with Gasteiger partial charge in [0.25, 0.3) is 11.7 Å². The molecule has 0 aromatic heterocycles. The van der Waals surface area contributed by atoms with E-state index in [-0.39, 0.29) is 11.3 Å². The number of Topliss-reactive ketones (excluding diaryl/α,β-unsaturated/α-hetero) is 1. The molecule has 1 saturated heterocycles. The van der Waals surface area contributed by atoms with Gasteiger partial charge in [0.2, 0.25) is 0 Å². The van der Waals surface area contributed by atoms with Crippen LogP contribution in [0.5, 0.6) is 5.75 Å². The third-order valence-electron chi connectivity index (χ3n) is 5.27. The Hall–Kier alpha value is -3.93. The van der Waals surface area contributed by atoms with Crippen molar-refractivity contribution in [3.8, 4) is 5.75 Å². The van der Waals surface area contributed by atoms with Crippen molar-refractivity contribution >= 4 is 23.1 Å². The van der Waals surface area contributed by atoms with Gasteiger partial charge >= 0.3 is 0 Å². The summed E-state index contributed by atoms with van der Waals surface area (Å²) in [5.74, 6) is -2.02. The van der Waals surface area contributed by atoms with Crippen molar-refractivity contribution in [1.82, 2.24) is 0 Å². The van der Waals surface area contributed by atoms with Crippen LogP contribution in [0.3, 0.4) is 0 Å². The number of benzene rings is 3. The molecule has 3 aromatic rings. The van der Waals surface area contributed by atoms with E-state index < -0.39 is 23.5 Å². The average Bonchev–Trinajstić information content (AvgIpc) is 3.04. The zero-order valence-electron chi connectivity index (χ0n) is 17.0. The van der Waals surface area contributed by atoms with Crippen LogP contribution in [0.2, 0.25) is 0 Å². The van der Waals surface area contributed by atoms with Gasteiger partial charge in [-0.1, -0.05) is 36.4 Å². The molecule has 1 amide bonds. The summed E-state index contributed by atoms with van der Waals surface area (Å²) < 4.78 is 18.9. The van der Waals surface area contributed by atoms with Crippen LogP contribution in [-0.2, 0) is 9.59 Å². The minimum Gasteiger partial charge on any atom is -0.507 e. The molecule has 1 aliphatic rings. The van der Waals surface area contributed by atoms with Crippen LogP contribution < -0.4 is 9.64 Å². The maximum Gasteiger partial charge on any atom is 0.300 e. The Bertz CT molecular complexity index is 1200. The fraction of sp³-hybridized carbons (Fsp3) is 0.120. The highest BCUT2D eigenvalue weighted by Crippen LogP contribution is 2.43. The number of amides is 1. The summed E-state index contributed by atoms with van der Waals surface area (Å²) in [5, 5.41) is 11.2. The number of hydrogen-bond donors (Lipinski definition) is 1. The van der Waals surface area contributed by atoms with Crippen LogP contribution in [-0.4, -0.2) is 23.9 Å². The lowest BCUT2D eigenvalue weighted by atomic mass is 9.94. The second kappa shape index (κ2) is 8.07. The zero-order chi connectivity index (χ0) is 22.1. The Morgan fingerprint density at radius 3 is 2.39 bits per heavy atom. The number of aliphatic hydroxyl groups excluding tert-OH is 1. The molecule has 156 valence electrons. The SMILES string of the molecule is COc1ccccc1/C(O)=C1\C(=O)C(=O)N(c2cccc(C)c2)C1c1ccc(F)cc1. The van der Waals surface area contributed by atoms with Gasteiger partial charge < -0.3 is 9.84 Å². The van der Waals surface area contributed by atoms with Crippen LogP contribution in [0.1, 0.15) is 22.7 Å². The number of aryl methyl sites for hydroxylation is 1. The second-order valence-electron chi connectivity index (χ2n) is 7.26. The highest BCUT2D eigenvalue weighted by Gasteiger charge is 2.47. The first-order valence-electron chi connectivity index (χ1n) is 9.69. The molecule has 1 unspecified atom stereocenters. The molecule has 0 bridgehead atoms. The van der Waals surface area contributed by atoms with Gasteiger partial charge in [0.05, 0.1) is 24.3 Å². The molecule has 3 aromatic carbocycles. The van der Waals surface area contributed by atoms with E-state index in [1.165, 1.54) is 36.3 Å². The van der Waals surface area contributed by atoms with Crippen molar-refractivity contribution in [3.63, 3.8) is 0 Å². The molecule has 0 saturated carbocycles. The molecule has 1 N–H and O–H groups in total. The predicted octanol–water partition coefficient (Wildman–Crippen LogP) is 4.77. The standard InChI is InChI=1S/C25H20FNO4/c1-15-6-5-7-18(14-15)27-22(16-10-12-17(26)13-11-16)21(24(29)25(27)30)23(28)19-8-3-4-9-20(19)31-2/h3-14,22,28H,1-2H3/b23-21+. The molecule has 0 radical (unpaired) electrons. The topological polar surface area (TPSA) is 66.8 Å². The molecule has 1 atom stereocenters. The minimum absolute atomic E-state index is 0.0809. The van der Waals surface area contributed by atoms with Gasteiger partial charge in [-0.2, -0.15) is 0 Å². The Labute approximate surface area is 179 Å². The van der Waals surface area contributed by atoms with E-state index >= 15 is 0 Å². The van der Waals surface area contributed by atoms with Gasteiger partial charge in [-0.25, -0.2) is 4.39 Å². The third kappa shape index (κ3) is 3.57. The van der Waals surface area contributed by atoms with Crippen molar-refractivity contribution < 1.29 is 23.8 Å². The van der Waals surface area contributed by atoms with Gasteiger partial charge in [0.1, 0.15) is 17.3 Å². The average molecular weight is 417 g/mol. The number of nitrogens with zero attached hydrogens (tertiary/aromatic N) is 1. The van der Waals surface area contributed by atoms with Gasteiger partial charge in [0.15, 0.2) is 0 Å². The number of carbonyl (C=O) groups is 2. The van der Waals surface area contributed by atoms with Crippen molar-refractivity contribution in [3.05, 3.63) is 101 Å². The number of ether oxygens (including phenoxy) is 1. The quantitative estimate of drug-likeness (QED) is 0.377. The molecule has 1 fully saturated rings. The van der Waals surface area contributed by atoms with E-state index in [2.05, 4.69) is 0 Å². The first kappa shape index (κ1) is 20.3. The smallest absolute Gasteiger partial charge is 0.300 e. The van der Waals surface area contributed by atoms with Gasteiger partial charge in [0, 0.05) is 5.69 Å². The largest absolute Gasteiger partial charge is 0.507 e. The van der Waals surface area contributed by atoms with Crippen LogP contribution >= 0.6 is 0 Å². The van der Waals surface area contributed by atoms with Crippen LogP contribution in [0.4, 0.5) is 10.1 Å². The lowest BCUT2D eigenvalue weighted by Gasteiger charge is -2.26. The van der Waals surface area contributed by atoms with Crippen molar-refractivity contribution in [2.45, 2.75) is 13.0 Å². The van der Waals surface area contributed by atoms with E-state index in [9.17, 15) is 19.1 Å². The molecular formula is C25H20FNO4. The normalized spacial score (nSPS) is 17.8. The fourth-order valence-electron chi connectivity index (χ4n) is 3.82. The Morgan fingerprint density at radius 1 is 1.00 bits per heavy atom. The maximum absolute atomic E-state index is 13.6. The Morgan fingerprint density at radius 2 is 1.71 bits per heavy atom. The second-order valence-corrected chi connectivity index (χ2v) is 7.26. The van der Waals surface area contributed by atoms with Crippen molar-refractivity contribution in [1.29, 1.82) is 0 Å². The molecule has 0 aliphatic carbocycles. The number of methoxy groups -OCH3 is 1. The number of carbonyl (C=O) groups excluding carboxylic acids is 2. The van der Waals surface area contributed by atoms with Gasteiger partial charge in [-0.15, -0.1) is 0 Å². The Balaban J connectivity index is 1.98. The lowest BCUT2D eigenvalue weighted by molar-refractivity contribution is -0.132. The van der Waals surface area contributed by atoms with Gasteiger partial charge in [-0.05, 0) is 54.4 Å². The van der Waals surface area contributed by atoms with Crippen molar-refractivity contribution in [2.24, 2.45) is 0 Å². The number of ketones is 1. The van der Waals surface area contributed by atoms with E-state index in [0.717, 1.165) is 5.56 Å². The van der Waals surface area contributed by atoms with E-state index in [1.807, 2.05) is 13.0 Å². The number of anilines is 1. The highest BCUT2D eigenvalue weighted by molar-refractivity contribution is 6.51. The first-order chi connectivity index (χ1) is 14.9. The van der Waals surface area contributed by atoms with Crippen LogP contribution in [0.25, 0.3) is 5.76 Å². The fourth-order valence-corrected chi connectivity index (χ4v) is 3.82. The predicted molar refractivity (Wildman–Crippen MR) is 115 cm³/mol. The number of hydrogen-bond acceptors (Lipinski definition) is 4. The third-order valence-corrected chi connectivity index (χ3v) is 5.27. The molecule has 0 spiro atoms. The zero-order valence-corrected chi connectivity index (χ0v) is 17.0. The minimum atomic E-state index is -0.924. The monoisotopic (exact) mass is 417 g/mol. The Kier molecular flexibility index (Phi) is 5.29. The summed E-state index contributed by atoms with van der Waals surface area (Å²) in [6.45, 7) is 1.88. The first-order valence-corrected chi connectivity index (χ1v) is 9.69. The summed E-state index contributed by atoms with van der Waals surface area (Å²) in [7, 11) is 1.45. The molecule has 31 heavy (non-hydrogen) atoms. The molecule has 4 rings (SSSR count). The molecule has 1 heterocycles. The summed E-state index contributed by atoms with van der Waals surface area (Å²) >= 11 is 0. The van der Waals surface area contributed by atoms with E-state index in [4.69, 9.17) is 4.74 Å². The lowest BCUT2D eigenvalue weighted by Crippen LogP contribution is -2.29. The number of halogens is 1. The molecule has 6 heteroatoms. The number of rotatable bonds is 4. The van der Waals surface area contributed by atoms with E-state index in [0.29, 0.717) is 22.6 Å². The van der Waals surface area contributed by atoms with Crippen LogP contribution in [0, 0.1) is 12.7 Å². The molecule has 1 aliphatic heterocycles. The molecule has 5 nitrogen and oxygen atoms in total. The molecular weight excluding hydrogens is 397 g/mol. The summed E-state index contributed by atoms with van der Waals surface area (Å²) in [5.41, 5.74) is 2.12. The van der Waals surface area contributed by atoms with E-state index in [1.54, 1.807) is 42.5 Å². The van der Waals surface area contributed by atoms with Gasteiger partial charge in [-0.3, -0.25) is 14.5 Å². The van der Waals surface area contributed by atoms with Crippen LogP contribution in [0.15, 0.2) is 78.4 Å². The number of para-hydroxylation sites is 1.